The van der Waals surface area contributed by atoms with Gasteiger partial charge in [-0.25, -0.2) is 0 Å². The summed E-state index contributed by atoms with van der Waals surface area (Å²) in [5, 5.41) is 3.73. The minimum atomic E-state index is -0.302. The number of aromatic nitrogens is 1. The molecule has 0 radical (unpaired) electrons. The summed E-state index contributed by atoms with van der Waals surface area (Å²) in [6.45, 7) is 3.22. The van der Waals surface area contributed by atoms with Crippen LogP contribution in [0.4, 0.5) is 5.69 Å². The Bertz CT molecular complexity index is 891. The molecule has 1 aromatic heterocycles. The van der Waals surface area contributed by atoms with E-state index in [0.29, 0.717) is 42.6 Å². The SMILES string of the molecule is CCOc1ccccc1NC(=O)c1[nH]c2ccccc2c1OCCNN. The number of hydrogen-bond acceptors (Lipinski definition) is 5. The molecule has 0 atom stereocenters. The number of fused-ring (bicyclic) bond motifs is 1. The number of carbonyl (C=O) groups is 1. The highest BCUT2D eigenvalue weighted by atomic mass is 16.5. The number of anilines is 1. The summed E-state index contributed by atoms with van der Waals surface area (Å²) in [6, 6.07) is 14.9. The Morgan fingerprint density at radius 2 is 1.88 bits per heavy atom. The van der Waals surface area contributed by atoms with Crippen molar-refractivity contribution in [1.29, 1.82) is 0 Å². The summed E-state index contributed by atoms with van der Waals surface area (Å²) in [5.74, 6) is 6.11. The molecule has 26 heavy (non-hydrogen) atoms. The first-order chi connectivity index (χ1) is 12.7. The molecular weight excluding hydrogens is 332 g/mol. The maximum absolute atomic E-state index is 12.9. The number of hydrogen-bond donors (Lipinski definition) is 4. The smallest absolute Gasteiger partial charge is 0.276 e. The fourth-order valence-electron chi connectivity index (χ4n) is 2.67. The number of para-hydroxylation sites is 3. The number of nitrogens with one attached hydrogen (secondary N) is 3. The molecule has 7 nitrogen and oxygen atoms in total. The van der Waals surface area contributed by atoms with E-state index in [2.05, 4.69) is 15.7 Å². The van der Waals surface area contributed by atoms with E-state index in [1.165, 1.54) is 0 Å². The maximum Gasteiger partial charge on any atom is 0.276 e. The van der Waals surface area contributed by atoms with E-state index in [4.69, 9.17) is 15.3 Å². The Labute approximate surface area is 151 Å². The highest BCUT2D eigenvalue weighted by molar-refractivity contribution is 6.10. The first-order valence-electron chi connectivity index (χ1n) is 8.44. The van der Waals surface area contributed by atoms with Crippen molar-refractivity contribution in [1.82, 2.24) is 10.4 Å². The van der Waals surface area contributed by atoms with Crippen LogP contribution >= 0.6 is 0 Å². The molecule has 0 aliphatic heterocycles. The molecule has 2 aromatic carbocycles. The molecule has 5 N–H and O–H groups in total. The molecule has 0 saturated carbocycles. The predicted octanol–water partition coefficient (Wildman–Crippen LogP) is 2.66. The van der Waals surface area contributed by atoms with Crippen LogP contribution in [0.1, 0.15) is 17.4 Å². The normalized spacial score (nSPS) is 10.7. The van der Waals surface area contributed by atoms with Crippen LogP contribution in [0.5, 0.6) is 11.5 Å². The first kappa shape index (κ1) is 17.8. The second-order valence-corrected chi connectivity index (χ2v) is 5.56. The molecular formula is C19H22N4O3. The highest BCUT2D eigenvalue weighted by Crippen LogP contribution is 2.31. The standard InChI is InChI=1S/C19H22N4O3/c1-2-25-16-10-6-5-9-15(16)23-19(24)17-18(26-12-11-21-20)13-7-3-4-8-14(13)22-17/h3-10,21-22H,2,11-12,20H2,1H3,(H,23,24). The Morgan fingerprint density at radius 1 is 1.12 bits per heavy atom. The van der Waals surface area contributed by atoms with Gasteiger partial charge in [0.05, 0.1) is 12.3 Å². The number of benzene rings is 2. The van der Waals surface area contributed by atoms with Gasteiger partial charge in [0, 0.05) is 17.4 Å². The van der Waals surface area contributed by atoms with Gasteiger partial charge >= 0.3 is 0 Å². The van der Waals surface area contributed by atoms with Gasteiger partial charge in [-0.05, 0) is 31.2 Å². The molecule has 0 spiro atoms. The minimum absolute atomic E-state index is 0.302. The minimum Gasteiger partial charge on any atom is -0.492 e. The molecule has 1 heterocycles. The summed E-state index contributed by atoms with van der Waals surface area (Å²) in [5.41, 5.74) is 4.32. The summed E-state index contributed by atoms with van der Waals surface area (Å²) in [4.78, 5) is 16.0. The van der Waals surface area contributed by atoms with Crippen LogP contribution in [-0.2, 0) is 0 Å². The van der Waals surface area contributed by atoms with Crippen molar-refractivity contribution in [3.63, 3.8) is 0 Å². The van der Waals surface area contributed by atoms with Crippen LogP contribution in [-0.4, -0.2) is 30.6 Å². The zero-order valence-corrected chi connectivity index (χ0v) is 14.5. The molecule has 7 heteroatoms. The van der Waals surface area contributed by atoms with Gasteiger partial charge in [-0.1, -0.05) is 24.3 Å². The number of carbonyl (C=O) groups excluding carboxylic acids is 1. The van der Waals surface area contributed by atoms with Crippen molar-refractivity contribution in [2.75, 3.05) is 25.1 Å². The monoisotopic (exact) mass is 354 g/mol. The number of hydrazine groups is 1. The van der Waals surface area contributed by atoms with E-state index >= 15 is 0 Å². The quantitative estimate of drug-likeness (QED) is 0.283. The lowest BCUT2D eigenvalue weighted by molar-refractivity contribution is 0.101. The number of H-pyrrole nitrogens is 1. The van der Waals surface area contributed by atoms with Crippen molar-refractivity contribution >= 4 is 22.5 Å². The second-order valence-electron chi connectivity index (χ2n) is 5.56. The van der Waals surface area contributed by atoms with Crippen LogP contribution in [0.3, 0.4) is 0 Å². The van der Waals surface area contributed by atoms with E-state index in [1.54, 1.807) is 6.07 Å². The number of amides is 1. The molecule has 0 fully saturated rings. The summed E-state index contributed by atoms with van der Waals surface area (Å²) in [6.07, 6.45) is 0. The summed E-state index contributed by atoms with van der Waals surface area (Å²) >= 11 is 0. The van der Waals surface area contributed by atoms with Crippen LogP contribution in [0.2, 0.25) is 0 Å². The molecule has 3 rings (SSSR count). The van der Waals surface area contributed by atoms with Crippen LogP contribution in [0.25, 0.3) is 10.9 Å². The third-order valence-electron chi connectivity index (χ3n) is 3.81. The second kappa shape index (κ2) is 8.37. The zero-order valence-electron chi connectivity index (χ0n) is 14.5. The van der Waals surface area contributed by atoms with Crippen molar-refractivity contribution in [2.24, 2.45) is 5.84 Å². The molecule has 0 saturated heterocycles. The Hall–Kier alpha value is -3.03. The zero-order chi connectivity index (χ0) is 18.4. The molecule has 0 aliphatic carbocycles. The fourth-order valence-corrected chi connectivity index (χ4v) is 2.67. The summed E-state index contributed by atoms with van der Waals surface area (Å²) < 4.78 is 11.4. The lowest BCUT2D eigenvalue weighted by Crippen LogP contribution is -2.27. The van der Waals surface area contributed by atoms with Gasteiger partial charge in [-0.3, -0.25) is 16.1 Å². The highest BCUT2D eigenvalue weighted by Gasteiger charge is 2.20. The van der Waals surface area contributed by atoms with Crippen molar-refractivity contribution in [3.05, 3.63) is 54.2 Å². The van der Waals surface area contributed by atoms with Crippen molar-refractivity contribution < 1.29 is 14.3 Å². The number of nitrogens with two attached hydrogens (primary N) is 1. The maximum atomic E-state index is 12.9. The van der Waals surface area contributed by atoms with Gasteiger partial charge in [0.15, 0.2) is 5.75 Å². The molecule has 1 amide bonds. The van der Waals surface area contributed by atoms with Gasteiger partial charge in [0.2, 0.25) is 0 Å². The Balaban J connectivity index is 1.91. The molecule has 136 valence electrons. The van der Waals surface area contributed by atoms with E-state index in [9.17, 15) is 4.79 Å². The lowest BCUT2D eigenvalue weighted by atomic mass is 10.2. The van der Waals surface area contributed by atoms with E-state index in [1.807, 2.05) is 49.4 Å². The van der Waals surface area contributed by atoms with Gasteiger partial charge in [-0.15, -0.1) is 0 Å². The Morgan fingerprint density at radius 3 is 2.69 bits per heavy atom. The van der Waals surface area contributed by atoms with E-state index in [0.717, 1.165) is 10.9 Å². The predicted molar refractivity (Wildman–Crippen MR) is 102 cm³/mol. The molecule has 0 unspecified atom stereocenters. The Kier molecular flexibility index (Phi) is 5.73. The van der Waals surface area contributed by atoms with Crippen LogP contribution in [0.15, 0.2) is 48.5 Å². The third kappa shape index (κ3) is 3.79. The average Bonchev–Trinajstić information content (AvgIpc) is 3.03. The lowest BCUT2D eigenvalue weighted by Gasteiger charge is -2.12. The fraction of sp³-hybridized carbons (Fsp3) is 0.211. The summed E-state index contributed by atoms with van der Waals surface area (Å²) in [7, 11) is 0. The largest absolute Gasteiger partial charge is 0.492 e. The van der Waals surface area contributed by atoms with Gasteiger partial charge in [0.1, 0.15) is 18.1 Å². The number of aromatic amines is 1. The third-order valence-corrected chi connectivity index (χ3v) is 3.81. The number of rotatable bonds is 8. The molecule has 3 aromatic rings. The van der Waals surface area contributed by atoms with Gasteiger partial charge in [-0.2, -0.15) is 0 Å². The topological polar surface area (TPSA) is 101 Å². The number of ether oxygens (including phenoxy) is 2. The van der Waals surface area contributed by atoms with Crippen LogP contribution in [0, 0.1) is 0 Å². The molecule has 0 aliphatic rings. The van der Waals surface area contributed by atoms with E-state index in [-0.39, 0.29) is 5.91 Å². The average molecular weight is 354 g/mol. The van der Waals surface area contributed by atoms with E-state index < -0.39 is 0 Å². The van der Waals surface area contributed by atoms with Gasteiger partial charge < -0.3 is 19.8 Å². The first-order valence-corrected chi connectivity index (χ1v) is 8.44. The van der Waals surface area contributed by atoms with Crippen molar-refractivity contribution in [2.45, 2.75) is 6.92 Å². The molecule has 0 bridgehead atoms. The van der Waals surface area contributed by atoms with Crippen molar-refractivity contribution in [3.8, 4) is 11.5 Å². The van der Waals surface area contributed by atoms with Crippen LogP contribution < -0.4 is 26.1 Å². The van der Waals surface area contributed by atoms with Gasteiger partial charge in [0.25, 0.3) is 5.91 Å².